The van der Waals surface area contributed by atoms with E-state index in [2.05, 4.69) is 37.9 Å². The average Bonchev–Trinajstić information content (AvgIpc) is 2.89. The minimum absolute atomic E-state index is 0.438. The second-order valence-electron chi connectivity index (χ2n) is 7.02. The molecular weight excluding hydrogens is 260 g/mol. The van der Waals surface area contributed by atoms with Crippen LogP contribution < -0.4 is 5.32 Å². The van der Waals surface area contributed by atoms with Crippen molar-refractivity contribution < 1.29 is 4.74 Å². The molecule has 0 amide bonds. The van der Waals surface area contributed by atoms with Crippen LogP contribution in [0.4, 0.5) is 0 Å². The molecule has 1 aliphatic heterocycles. The monoisotopic (exact) mass is 298 g/mol. The molecule has 0 aliphatic carbocycles. The Hall–Kier alpha value is -0.120. The van der Waals surface area contributed by atoms with E-state index in [0.717, 1.165) is 25.6 Å². The number of nitrogens with one attached hydrogen (secondary N) is 1. The first-order valence-corrected chi connectivity index (χ1v) is 9.24. The predicted octanol–water partition coefficient (Wildman–Crippen LogP) is 3.68. The van der Waals surface area contributed by atoms with E-state index >= 15 is 0 Å². The van der Waals surface area contributed by atoms with Gasteiger partial charge in [0.05, 0.1) is 12.2 Å². The standard InChI is InChI=1S/C18H38N2O/c1-5-7-11-20(12-8-6-2)15-18-10-9-17(21-18)14-19-13-16(3)4/h16-19H,5-15H2,1-4H3. The minimum Gasteiger partial charge on any atom is -0.372 e. The predicted molar refractivity (Wildman–Crippen MR) is 91.9 cm³/mol. The van der Waals surface area contributed by atoms with Gasteiger partial charge < -0.3 is 15.0 Å². The van der Waals surface area contributed by atoms with Crippen LogP contribution in [0.1, 0.15) is 66.2 Å². The summed E-state index contributed by atoms with van der Waals surface area (Å²) in [6.45, 7) is 14.8. The molecule has 1 saturated heterocycles. The quantitative estimate of drug-likeness (QED) is 0.595. The van der Waals surface area contributed by atoms with Gasteiger partial charge in [-0.1, -0.05) is 40.5 Å². The molecule has 0 bridgehead atoms. The highest BCUT2D eigenvalue weighted by molar-refractivity contribution is 4.78. The Morgan fingerprint density at radius 3 is 2.24 bits per heavy atom. The highest BCUT2D eigenvalue weighted by Crippen LogP contribution is 2.20. The Bertz CT molecular complexity index is 237. The van der Waals surface area contributed by atoms with E-state index in [-0.39, 0.29) is 0 Å². The van der Waals surface area contributed by atoms with Gasteiger partial charge in [-0.25, -0.2) is 0 Å². The van der Waals surface area contributed by atoms with Gasteiger partial charge in [-0.15, -0.1) is 0 Å². The first-order chi connectivity index (χ1) is 10.2. The van der Waals surface area contributed by atoms with Gasteiger partial charge in [0.15, 0.2) is 0 Å². The number of unbranched alkanes of at least 4 members (excludes halogenated alkanes) is 2. The van der Waals surface area contributed by atoms with Crippen molar-refractivity contribution in [3.63, 3.8) is 0 Å². The Balaban J connectivity index is 2.22. The van der Waals surface area contributed by atoms with Gasteiger partial charge in [-0.3, -0.25) is 0 Å². The van der Waals surface area contributed by atoms with Gasteiger partial charge in [0.1, 0.15) is 0 Å². The maximum Gasteiger partial charge on any atom is 0.0707 e. The Kier molecular flexibility index (Phi) is 10.3. The van der Waals surface area contributed by atoms with Crippen molar-refractivity contribution in [1.82, 2.24) is 10.2 Å². The van der Waals surface area contributed by atoms with Gasteiger partial charge in [0.2, 0.25) is 0 Å². The van der Waals surface area contributed by atoms with Crippen LogP contribution in [0, 0.1) is 5.92 Å². The van der Waals surface area contributed by atoms with Gasteiger partial charge in [-0.2, -0.15) is 0 Å². The molecule has 0 aromatic rings. The summed E-state index contributed by atoms with van der Waals surface area (Å²) in [6, 6.07) is 0. The Labute approximate surface area is 132 Å². The van der Waals surface area contributed by atoms with Crippen molar-refractivity contribution in [2.24, 2.45) is 5.92 Å². The number of rotatable bonds is 12. The summed E-state index contributed by atoms with van der Waals surface area (Å²) in [7, 11) is 0. The molecule has 3 nitrogen and oxygen atoms in total. The van der Waals surface area contributed by atoms with Crippen molar-refractivity contribution in [2.45, 2.75) is 78.4 Å². The zero-order valence-electron chi connectivity index (χ0n) is 14.9. The third-order valence-corrected chi connectivity index (χ3v) is 4.24. The third-order valence-electron chi connectivity index (χ3n) is 4.24. The maximum absolute atomic E-state index is 6.23. The van der Waals surface area contributed by atoms with Crippen LogP contribution in [0.2, 0.25) is 0 Å². The molecule has 3 heteroatoms. The fourth-order valence-electron chi connectivity index (χ4n) is 2.94. The first kappa shape index (κ1) is 18.9. The summed E-state index contributed by atoms with van der Waals surface area (Å²) in [6.07, 6.45) is 8.57. The molecule has 0 aromatic carbocycles. The molecule has 21 heavy (non-hydrogen) atoms. The molecule has 1 fully saturated rings. The lowest BCUT2D eigenvalue weighted by Gasteiger charge is -2.25. The molecule has 1 N–H and O–H groups in total. The maximum atomic E-state index is 6.23. The summed E-state index contributed by atoms with van der Waals surface area (Å²) >= 11 is 0. The van der Waals surface area contributed by atoms with Crippen molar-refractivity contribution in [3.05, 3.63) is 0 Å². The molecule has 0 saturated carbocycles. The van der Waals surface area contributed by atoms with E-state index in [0.29, 0.717) is 12.2 Å². The summed E-state index contributed by atoms with van der Waals surface area (Å²) in [5.41, 5.74) is 0. The van der Waals surface area contributed by atoms with Crippen LogP contribution in [0.15, 0.2) is 0 Å². The Morgan fingerprint density at radius 2 is 1.67 bits per heavy atom. The normalized spacial score (nSPS) is 22.6. The number of ether oxygens (including phenoxy) is 1. The van der Waals surface area contributed by atoms with Crippen LogP contribution in [-0.4, -0.2) is 49.8 Å². The van der Waals surface area contributed by atoms with Gasteiger partial charge >= 0.3 is 0 Å². The fourth-order valence-corrected chi connectivity index (χ4v) is 2.94. The van der Waals surface area contributed by atoms with E-state index in [9.17, 15) is 0 Å². The molecular formula is C18H38N2O. The van der Waals surface area contributed by atoms with Crippen LogP contribution in [-0.2, 0) is 4.74 Å². The minimum atomic E-state index is 0.438. The first-order valence-electron chi connectivity index (χ1n) is 9.24. The lowest BCUT2D eigenvalue weighted by Crippen LogP contribution is -2.35. The van der Waals surface area contributed by atoms with E-state index in [1.807, 2.05) is 0 Å². The molecule has 0 spiro atoms. The Morgan fingerprint density at radius 1 is 1.05 bits per heavy atom. The van der Waals surface area contributed by atoms with Gasteiger partial charge in [-0.05, 0) is 51.2 Å². The van der Waals surface area contributed by atoms with Gasteiger partial charge in [0.25, 0.3) is 0 Å². The lowest BCUT2D eigenvalue weighted by molar-refractivity contribution is 0.0226. The zero-order valence-corrected chi connectivity index (χ0v) is 14.9. The molecule has 1 heterocycles. The second kappa shape index (κ2) is 11.4. The van der Waals surface area contributed by atoms with Gasteiger partial charge in [0, 0.05) is 13.1 Å². The average molecular weight is 299 g/mol. The molecule has 1 rings (SSSR count). The van der Waals surface area contributed by atoms with Crippen molar-refractivity contribution >= 4 is 0 Å². The van der Waals surface area contributed by atoms with Crippen LogP contribution in [0.5, 0.6) is 0 Å². The molecule has 0 aromatic heterocycles. The summed E-state index contributed by atoms with van der Waals surface area (Å²) in [4.78, 5) is 2.63. The number of hydrogen-bond donors (Lipinski definition) is 1. The summed E-state index contributed by atoms with van der Waals surface area (Å²) in [5, 5.41) is 3.53. The van der Waals surface area contributed by atoms with E-state index < -0.39 is 0 Å². The molecule has 0 radical (unpaired) electrons. The van der Waals surface area contributed by atoms with Crippen LogP contribution >= 0.6 is 0 Å². The van der Waals surface area contributed by atoms with Crippen molar-refractivity contribution in [2.75, 3.05) is 32.7 Å². The van der Waals surface area contributed by atoms with Crippen molar-refractivity contribution in [3.8, 4) is 0 Å². The molecule has 2 atom stereocenters. The number of nitrogens with zero attached hydrogens (tertiary/aromatic N) is 1. The summed E-state index contributed by atoms with van der Waals surface area (Å²) < 4.78 is 6.23. The largest absolute Gasteiger partial charge is 0.372 e. The van der Waals surface area contributed by atoms with Crippen LogP contribution in [0.25, 0.3) is 0 Å². The smallest absolute Gasteiger partial charge is 0.0707 e. The van der Waals surface area contributed by atoms with E-state index in [1.165, 1.54) is 51.6 Å². The lowest BCUT2D eigenvalue weighted by atomic mass is 10.1. The summed E-state index contributed by atoms with van der Waals surface area (Å²) in [5.74, 6) is 0.723. The van der Waals surface area contributed by atoms with Crippen LogP contribution in [0.3, 0.4) is 0 Å². The molecule has 2 unspecified atom stereocenters. The second-order valence-corrected chi connectivity index (χ2v) is 7.02. The number of hydrogen-bond acceptors (Lipinski definition) is 3. The SMILES string of the molecule is CCCCN(CCCC)CC1CCC(CNCC(C)C)O1. The van der Waals surface area contributed by atoms with E-state index in [1.54, 1.807) is 0 Å². The topological polar surface area (TPSA) is 24.5 Å². The highest BCUT2D eigenvalue weighted by atomic mass is 16.5. The zero-order chi connectivity index (χ0) is 15.5. The van der Waals surface area contributed by atoms with Crippen molar-refractivity contribution in [1.29, 1.82) is 0 Å². The fraction of sp³-hybridized carbons (Fsp3) is 1.00. The molecule has 126 valence electrons. The van der Waals surface area contributed by atoms with E-state index in [4.69, 9.17) is 4.74 Å². The third kappa shape index (κ3) is 8.80. The highest BCUT2D eigenvalue weighted by Gasteiger charge is 2.26. The molecule has 1 aliphatic rings.